The summed E-state index contributed by atoms with van der Waals surface area (Å²) in [6, 6.07) is 0. The van der Waals surface area contributed by atoms with Crippen LogP contribution in [0.1, 0.15) is 155 Å². The Morgan fingerprint density at radius 3 is 1.52 bits per heavy atom. The molecule has 2 fully saturated rings. The molecular weight excluding hydrogens is 756 g/mol. The zero-order valence-electron chi connectivity index (χ0n) is 35.3. The second kappa shape index (κ2) is 32.0. The van der Waals surface area contributed by atoms with E-state index >= 15 is 0 Å². The van der Waals surface area contributed by atoms with E-state index in [0.29, 0.717) is 12.8 Å². The van der Waals surface area contributed by atoms with E-state index in [1.165, 1.54) is 57.8 Å². The molecule has 0 amide bonds. The number of hydrogen-bond donors (Lipinski definition) is 7. The van der Waals surface area contributed by atoms with Crippen LogP contribution in [0.3, 0.4) is 0 Å². The first-order valence-electron chi connectivity index (χ1n) is 22.3. The summed E-state index contributed by atoms with van der Waals surface area (Å²) in [5.41, 5.74) is 0. The monoisotopic (exact) mass is 835 g/mol. The van der Waals surface area contributed by atoms with Crippen molar-refractivity contribution in [2.24, 2.45) is 0 Å². The summed E-state index contributed by atoms with van der Waals surface area (Å²) in [6.45, 7) is 2.51. The van der Waals surface area contributed by atoms with Gasteiger partial charge in [-0.1, -0.05) is 116 Å². The van der Waals surface area contributed by atoms with E-state index in [0.717, 1.165) is 57.8 Å². The standard InChI is InChI=1S/C43H78O15/c1-3-5-7-9-11-13-14-15-16-17-18-20-21-23-25-34(45)53-28-31(56-35(46)26-24-22-19-12-10-8-6-4-2)29-54-42-41(52)39(50)37(48)33(58-42)30-55-43-40(51)38(49)36(47)32(27-44)57-43/h14-15,31-33,36-44,47-52H,3-13,16-30H2,1-2H3/b15-14+/t31-,32-,33-,36+,37+,38?,39?,40?,41?,42-,43-/m1/s1. The summed E-state index contributed by atoms with van der Waals surface area (Å²) >= 11 is 0. The molecule has 0 aliphatic carbocycles. The zero-order chi connectivity index (χ0) is 42.5. The van der Waals surface area contributed by atoms with Crippen LogP contribution in [0.15, 0.2) is 12.2 Å². The third-order valence-corrected chi connectivity index (χ3v) is 10.7. The highest BCUT2D eigenvalue weighted by Gasteiger charge is 2.47. The summed E-state index contributed by atoms with van der Waals surface area (Å²) in [5.74, 6) is -0.937. The Kier molecular flexibility index (Phi) is 28.9. The molecule has 0 aromatic carbocycles. The Bertz CT molecular complexity index is 1080. The van der Waals surface area contributed by atoms with E-state index in [-0.39, 0.29) is 26.1 Å². The molecule has 15 heteroatoms. The number of carbonyl (C=O) groups is 2. The second-order valence-corrected chi connectivity index (χ2v) is 15.9. The molecule has 2 rings (SSSR count). The number of hydrogen-bond acceptors (Lipinski definition) is 15. The van der Waals surface area contributed by atoms with E-state index in [1.807, 2.05) is 0 Å². The average Bonchev–Trinajstić information content (AvgIpc) is 3.21. The molecule has 2 aliphatic heterocycles. The van der Waals surface area contributed by atoms with E-state index in [4.69, 9.17) is 28.4 Å². The molecule has 0 spiro atoms. The molecule has 58 heavy (non-hydrogen) atoms. The van der Waals surface area contributed by atoms with Gasteiger partial charge in [-0.25, -0.2) is 0 Å². The lowest BCUT2D eigenvalue weighted by Crippen LogP contribution is -2.61. The summed E-state index contributed by atoms with van der Waals surface area (Å²) < 4.78 is 33.3. The quantitative estimate of drug-likeness (QED) is 0.0278. The first kappa shape index (κ1) is 52.4. The normalized spacial score (nSPS) is 28.2. The highest BCUT2D eigenvalue weighted by atomic mass is 16.7. The van der Waals surface area contributed by atoms with Crippen LogP contribution in [0.4, 0.5) is 0 Å². The van der Waals surface area contributed by atoms with Gasteiger partial charge < -0.3 is 64.2 Å². The van der Waals surface area contributed by atoms with Crippen molar-refractivity contribution in [3.8, 4) is 0 Å². The van der Waals surface area contributed by atoms with E-state index < -0.39 is 92.7 Å². The van der Waals surface area contributed by atoms with Crippen LogP contribution in [-0.4, -0.2) is 142 Å². The van der Waals surface area contributed by atoms with Crippen molar-refractivity contribution >= 4 is 11.9 Å². The van der Waals surface area contributed by atoms with Crippen molar-refractivity contribution < 1.29 is 73.8 Å². The van der Waals surface area contributed by atoms with Crippen molar-refractivity contribution in [1.29, 1.82) is 0 Å². The van der Waals surface area contributed by atoms with Crippen molar-refractivity contribution in [3.05, 3.63) is 12.2 Å². The van der Waals surface area contributed by atoms with Gasteiger partial charge in [-0.3, -0.25) is 9.59 Å². The van der Waals surface area contributed by atoms with Gasteiger partial charge in [-0.2, -0.15) is 0 Å². The maximum absolute atomic E-state index is 12.8. The number of esters is 2. The minimum Gasteiger partial charge on any atom is -0.462 e. The van der Waals surface area contributed by atoms with Crippen molar-refractivity contribution in [1.82, 2.24) is 0 Å². The SMILES string of the molecule is CCCCCCC/C=C/CCCCCCCC(=O)OC[C@H](CO[C@@H]1O[C@H](CO[C@@H]2O[C@H](CO)[C@H](O)C(O)C2O)[C@H](O)C(O)C1O)OC(=O)CCCCCCCCCC. The predicted molar refractivity (Wildman–Crippen MR) is 215 cm³/mol. The lowest BCUT2D eigenvalue weighted by molar-refractivity contribution is -0.332. The molecule has 11 atom stereocenters. The smallest absolute Gasteiger partial charge is 0.306 e. The predicted octanol–water partition coefficient (Wildman–Crippen LogP) is 4.26. The van der Waals surface area contributed by atoms with Gasteiger partial charge in [0.15, 0.2) is 18.7 Å². The number of ether oxygens (including phenoxy) is 6. The summed E-state index contributed by atoms with van der Waals surface area (Å²) in [6.07, 6.45) is 9.92. The van der Waals surface area contributed by atoms with Crippen LogP contribution >= 0.6 is 0 Å². The van der Waals surface area contributed by atoms with Gasteiger partial charge in [0, 0.05) is 12.8 Å². The fourth-order valence-electron chi connectivity index (χ4n) is 6.97. The number of allylic oxidation sites excluding steroid dienone is 2. The summed E-state index contributed by atoms with van der Waals surface area (Å²) in [5, 5.41) is 71.7. The Labute approximate surface area is 346 Å². The maximum atomic E-state index is 12.8. The molecule has 0 aromatic heterocycles. The van der Waals surface area contributed by atoms with Crippen molar-refractivity contribution in [2.75, 3.05) is 26.4 Å². The first-order valence-corrected chi connectivity index (χ1v) is 22.3. The molecule has 2 saturated heterocycles. The highest BCUT2D eigenvalue weighted by Crippen LogP contribution is 2.26. The van der Waals surface area contributed by atoms with E-state index in [1.54, 1.807) is 0 Å². The Balaban J connectivity index is 1.85. The van der Waals surface area contributed by atoms with E-state index in [9.17, 15) is 45.3 Å². The molecule has 0 bridgehead atoms. The molecule has 15 nitrogen and oxygen atoms in total. The fraction of sp³-hybridized carbons (Fsp3) is 0.907. The van der Waals surface area contributed by atoms with E-state index in [2.05, 4.69) is 26.0 Å². The average molecular weight is 835 g/mol. The minimum atomic E-state index is -1.76. The molecule has 4 unspecified atom stereocenters. The number of aliphatic hydroxyl groups excluding tert-OH is 7. The van der Waals surface area contributed by atoms with Crippen LogP contribution < -0.4 is 0 Å². The molecule has 7 N–H and O–H groups in total. The molecule has 2 aliphatic rings. The second-order valence-electron chi connectivity index (χ2n) is 15.9. The molecule has 2 heterocycles. The first-order chi connectivity index (χ1) is 28.0. The molecule has 340 valence electrons. The summed E-state index contributed by atoms with van der Waals surface area (Å²) in [7, 11) is 0. The van der Waals surface area contributed by atoms with Crippen molar-refractivity contribution in [2.45, 2.75) is 223 Å². The van der Waals surface area contributed by atoms with Gasteiger partial charge in [-0.05, 0) is 38.5 Å². The van der Waals surface area contributed by atoms with Crippen LogP contribution in [-0.2, 0) is 38.0 Å². The fourth-order valence-corrected chi connectivity index (χ4v) is 6.97. The topological polar surface area (TPSA) is 231 Å². The van der Waals surface area contributed by atoms with Gasteiger partial charge in [0.2, 0.25) is 0 Å². The highest BCUT2D eigenvalue weighted by molar-refractivity contribution is 5.70. The van der Waals surface area contributed by atoms with Gasteiger partial charge in [0.1, 0.15) is 55.4 Å². The van der Waals surface area contributed by atoms with Gasteiger partial charge in [-0.15, -0.1) is 0 Å². The van der Waals surface area contributed by atoms with Crippen LogP contribution in [0, 0.1) is 0 Å². The van der Waals surface area contributed by atoms with Crippen LogP contribution in [0.2, 0.25) is 0 Å². The number of aliphatic hydroxyl groups is 7. The third kappa shape index (κ3) is 21.2. The third-order valence-electron chi connectivity index (χ3n) is 10.7. The van der Waals surface area contributed by atoms with Gasteiger partial charge >= 0.3 is 11.9 Å². The maximum Gasteiger partial charge on any atom is 0.306 e. The number of unbranched alkanes of at least 4 members (excludes halogenated alkanes) is 17. The van der Waals surface area contributed by atoms with Gasteiger partial charge in [0.05, 0.1) is 19.8 Å². The van der Waals surface area contributed by atoms with Crippen LogP contribution in [0.5, 0.6) is 0 Å². The number of rotatable bonds is 33. The Hall–Kier alpha value is -1.76. The molecule has 0 saturated carbocycles. The largest absolute Gasteiger partial charge is 0.462 e. The number of carbonyl (C=O) groups excluding carboxylic acids is 2. The molecule has 0 radical (unpaired) electrons. The van der Waals surface area contributed by atoms with Crippen molar-refractivity contribution in [3.63, 3.8) is 0 Å². The Morgan fingerprint density at radius 2 is 0.983 bits per heavy atom. The zero-order valence-corrected chi connectivity index (χ0v) is 35.3. The lowest BCUT2D eigenvalue weighted by atomic mass is 9.98. The van der Waals surface area contributed by atoms with Crippen LogP contribution in [0.25, 0.3) is 0 Å². The van der Waals surface area contributed by atoms with Gasteiger partial charge in [0.25, 0.3) is 0 Å². The Morgan fingerprint density at radius 1 is 0.534 bits per heavy atom. The lowest BCUT2D eigenvalue weighted by Gasteiger charge is -2.42. The molecule has 0 aromatic rings. The summed E-state index contributed by atoms with van der Waals surface area (Å²) in [4.78, 5) is 25.5. The molecular formula is C43H78O15. The minimum absolute atomic E-state index is 0.166.